The molecule has 15 heavy (non-hydrogen) atoms. The number of hydrogen-bond acceptors (Lipinski definition) is 4. The maximum absolute atomic E-state index is 4.05. The van der Waals surface area contributed by atoms with Crippen LogP contribution in [-0.4, -0.2) is 26.5 Å². The summed E-state index contributed by atoms with van der Waals surface area (Å²) in [4.78, 5) is 4.05. The van der Waals surface area contributed by atoms with Crippen LogP contribution < -0.4 is 5.32 Å². The Morgan fingerprint density at radius 3 is 3.07 bits per heavy atom. The van der Waals surface area contributed by atoms with Crippen molar-refractivity contribution in [2.75, 3.05) is 6.54 Å². The van der Waals surface area contributed by atoms with Gasteiger partial charge in [0.25, 0.3) is 0 Å². The van der Waals surface area contributed by atoms with E-state index in [1.807, 2.05) is 12.1 Å². The van der Waals surface area contributed by atoms with Gasteiger partial charge in [-0.2, -0.15) is 0 Å². The van der Waals surface area contributed by atoms with Gasteiger partial charge in [-0.05, 0) is 18.7 Å². The first kappa shape index (κ1) is 9.79. The highest BCUT2D eigenvalue weighted by Crippen LogP contribution is 2.06. The van der Waals surface area contributed by atoms with E-state index >= 15 is 0 Å². The second-order valence-electron chi connectivity index (χ2n) is 3.13. The summed E-state index contributed by atoms with van der Waals surface area (Å²) in [6, 6.07) is 3.84. The molecule has 0 aliphatic heterocycles. The topological polar surface area (TPSA) is 55.6 Å². The van der Waals surface area contributed by atoms with Gasteiger partial charge in [0.05, 0.1) is 23.8 Å². The standard InChI is InChI=1S/C10H13N5/c1-2-11-7-10-8-13-14-15(10)9-4-3-5-12-6-9/h3-6,8,11H,2,7H2,1H3. The summed E-state index contributed by atoms with van der Waals surface area (Å²) < 4.78 is 1.79. The molecule has 5 heteroatoms. The van der Waals surface area contributed by atoms with E-state index < -0.39 is 0 Å². The molecule has 0 amide bonds. The Balaban J connectivity index is 2.25. The fourth-order valence-electron chi connectivity index (χ4n) is 1.33. The predicted molar refractivity (Wildman–Crippen MR) is 56.5 cm³/mol. The lowest BCUT2D eigenvalue weighted by Crippen LogP contribution is -2.15. The second kappa shape index (κ2) is 4.65. The highest BCUT2D eigenvalue weighted by molar-refractivity contribution is 5.27. The molecule has 0 spiro atoms. The summed E-state index contributed by atoms with van der Waals surface area (Å²) in [5.74, 6) is 0. The maximum atomic E-state index is 4.05. The van der Waals surface area contributed by atoms with Crippen LogP contribution in [0, 0.1) is 0 Å². The summed E-state index contributed by atoms with van der Waals surface area (Å²) in [7, 11) is 0. The Hall–Kier alpha value is -1.75. The molecule has 1 N–H and O–H groups in total. The Labute approximate surface area is 88.1 Å². The van der Waals surface area contributed by atoms with Gasteiger partial charge in [-0.25, -0.2) is 4.68 Å². The van der Waals surface area contributed by atoms with E-state index in [0.29, 0.717) is 0 Å². The molecule has 2 heterocycles. The van der Waals surface area contributed by atoms with Gasteiger partial charge in [-0.3, -0.25) is 4.98 Å². The van der Waals surface area contributed by atoms with E-state index in [9.17, 15) is 0 Å². The summed E-state index contributed by atoms with van der Waals surface area (Å²) in [5.41, 5.74) is 1.97. The maximum Gasteiger partial charge on any atom is 0.0850 e. The van der Waals surface area contributed by atoms with Gasteiger partial charge in [-0.1, -0.05) is 12.1 Å². The SMILES string of the molecule is CCNCc1cnnn1-c1cccnc1. The Bertz CT molecular complexity index is 409. The van der Waals surface area contributed by atoms with Crippen LogP contribution in [0.15, 0.2) is 30.7 Å². The molecule has 0 saturated heterocycles. The summed E-state index contributed by atoms with van der Waals surface area (Å²) in [6.07, 6.45) is 5.27. The highest BCUT2D eigenvalue weighted by Gasteiger charge is 2.04. The zero-order valence-electron chi connectivity index (χ0n) is 8.59. The normalized spacial score (nSPS) is 10.5. The quantitative estimate of drug-likeness (QED) is 0.797. The van der Waals surface area contributed by atoms with Gasteiger partial charge in [0.2, 0.25) is 0 Å². The molecular weight excluding hydrogens is 190 g/mol. The van der Waals surface area contributed by atoms with E-state index in [-0.39, 0.29) is 0 Å². The number of pyridine rings is 1. The first-order valence-corrected chi connectivity index (χ1v) is 4.92. The van der Waals surface area contributed by atoms with Crippen molar-refractivity contribution in [2.24, 2.45) is 0 Å². The van der Waals surface area contributed by atoms with Gasteiger partial charge < -0.3 is 5.32 Å². The van der Waals surface area contributed by atoms with Crippen molar-refractivity contribution in [1.29, 1.82) is 0 Å². The van der Waals surface area contributed by atoms with Crippen molar-refractivity contribution < 1.29 is 0 Å². The summed E-state index contributed by atoms with van der Waals surface area (Å²) >= 11 is 0. The second-order valence-corrected chi connectivity index (χ2v) is 3.13. The molecule has 0 aliphatic rings. The lowest BCUT2D eigenvalue weighted by molar-refractivity contribution is 0.671. The molecule has 0 unspecified atom stereocenters. The molecule has 0 fully saturated rings. The summed E-state index contributed by atoms with van der Waals surface area (Å²) in [6.45, 7) is 3.76. The molecule has 0 saturated carbocycles. The van der Waals surface area contributed by atoms with Crippen LogP contribution in [0.1, 0.15) is 12.6 Å². The van der Waals surface area contributed by atoms with Crippen LogP contribution in [-0.2, 0) is 6.54 Å². The van der Waals surface area contributed by atoms with Crippen LogP contribution in [0.4, 0.5) is 0 Å². The van der Waals surface area contributed by atoms with Crippen molar-refractivity contribution in [3.05, 3.63) is 36.4 Å². The number of nitrogens with one attached hydrogen (secondary N) is 1. The van der Waals surface area contributed by atoms with E-state index in [1.165, 1.54) is 0 Å². The van der Waals surface area contributed by atoms with Gasteiger partial charge in [0.15, 0.2) is 0 Å². The minimum atomic E-state index is 0.762. The molecule has 2 aromatic rings. The van der Waals surface area contributed by atoms with Crippen LogP contribution in [0.5, 0.6) is 0 Å². The monoisotopic (exact) mass is 203 g/mol. The predicted octanol–water partition coefficient (Wildman–Crippen LogP) is 0.772. The molecule has 5 nitrogen and oxygen atoms in total. The van der Waals surface area contributed by atoms with Gasteiger partial charge in [0, 0.05) is 12.7 Å². The van der Waals surface area contributed by atoms with E-state index in [1.54, 1.807) is 23.3 Å². The van der Waals surface area contributed by atoms with E-state index in [2.05, 4.69) is 27.5 Å². The first-order chi connectivity index (χ1) is 7.42. The van der Waals surface area contributed by atoms with Gasteiger partial charge >= 0.3 is 0 Å². The lowest BCUT2D eigenvalue weighted by atomic mass is 10.4. The Kier molecular flexibility index (Phi) is 3.04. The van der Waals surface area contributed by atoms with Crippen molar-refractivity contribution >= 4 is 0 Å². The molecule has 0 atom stereocenters. The number of nitrogens with zero attached hydrogens (tertiary/aromatic N) is 4. The molecule has 2 aromatic heterocycles. The van der Waals surface area contributed by atoms with Gasteiger partial charge in [-0.15, -0.1) is 5.10 Å². The van der Waals surface area contributed by atoms with Crippen LogP contribution in [0.3, 0.4) is 0 Å². The molecule has 78 valence electrons. The number of aromatic nitrogens is 4. The fraction of sp³-hybridized carbons (Fsp3) is 0.300. The van der Waals surface area contributed by atoms with Crippen molar-refractivity contribution in [2.45, 2.75) is 13.5 Å². The Morgan fingerprint density at radius 1 is 1.40 bits per heavy atom. The van der Waals surface area contributed by atoms with Crippen LogP contribution in [0.25, 0.3) is 5.69 Å². The third-order valence-electron chi connectivity index (χ3n) is 2.07. The van der Waals surface area contributed by atoms with Crippen molar-refractivity contribution in [3.63, 3.8) is 0 Å². The highest BCUT2D eigenvalue weighted by atomic mass is 15.4. The van der Waals surface area contributed by atoms with Crippen LogP contribution >= 0.6 is 0 Å². The lowest BCUT2D eigenvalue weighted by Gasteiger charge is -2.05. The average Bonchev–Trinajstić information content (AvgIpc) is 2.75. The average molecular weight is 203 g/mol. The van der Waals surface area contributed by atoms with Crippen LogP contribution in [0.2, 0.25) is 0 Å². The minimum absolute atomic E-state index is 0.762. The van der Waals surface area contributed by atoms with Crippen molar-refractivity contribution in [1.82, 2.24) is 25.3 Å². The Morgan fingerprint density at radius 2 is 2.33 bits per heavy atom. The first-order valence-electron chi connectivity index (χ1n) is 4.92. The molecule has 0 aromatic carbocycles. The number of hydrogen-bond donors (Lipinski definition) is 1. The largest absolute Gasteiger partial charge is 0.311 e. The van der Waals surface area contributed by atoms with E-state index in [4.69, 9.17) is 0 Å². The molecule has 0 bridgehead atoms. The molecule has 2 rings (SSSR count). The zero-order chi connectivity index (χ0) is 10.5. The molecular formula is C10H13N5. The third-order valence-corrected chi connectivity index (χ3v) is 2.07. The van der Waals surface area contributed by atoms with Gasteiger partial charge in [0.1, 0.15) is 0 Å². The molecule has 0 aliphatic carbocycles. The van der Waals surface area contributed by atoms with Crippen molar-refractivity contribution in [3.8, 4) is 5.69 Å². The minimum Gasteiger partial charge on any atom is -0.311 e. The zero-order valence-corrected chi connectivity index (χ0v) is 8.59. The summed E-state index contributed by atoms with van der Waals surface area (Å²) in [5, 5.41) is 11.2. The molecule has 0 radical (unpaired) electrons. The third kappa shape index (κ3) is 2.19. The fourth-order valence-corrected chi connectivity index (χ4v) is 1.33. The van der Waals surface area contributed by atoms with E-state index in [0.717, 1.165) is 24.5 Å². The number of rotatable bonds is 4. The smallest absolute Gasteiger partial charge is 0.0850 e.